The highest BCUT2D eigenvalue weighted by molar-refractivity contribution is 5.01. The van der Waals surface area contributed by atoms with Gasteiger partial charge in [-0.15, -0.1) is 0 Å². The Morgan fingerprint density at radius 1 is 1.38 bits per heavy atom. The molecule has 2 rings (SSSR count). The number of hydrogen-bond donors (Lipinski definition) is 1. The van der Waals surface area contributed by atoms with Gasteiger partial charge in [-0.1, -0.05) is 0 Å². The van der Waals surface area contributed by atoms with Crippen molar-refractivity contribution in [3.05, 3.63) is 0 Å². The van der Waals surface area contributed by atoms with Gasteiger partial charge in [0.05, 0.1) is 6.61 Å². The van der Waals surface area contributed by atoms with Crippen molar-refractivity contribution in [2.24, 2.45) is 5.92 Å². The highest BCUT2D eigenvalue weighted by atomic mass is 16.5. The first-order valence-electron chi connectivity index (χ1n) is 6.64. The summed E-state index contributed by atoms with van der Waals surface area (Å²) >= 11 is 0. The molecule has 0 aromatic heterocycles. The van der Waals surface area contributed by atoms with Crippen LogP contribution in [-0.2, 0) is 4.74 Å². The van der Waals surface area contributed by atoms with Gasteiger partial charge in [0.2, 0.25) is 0 Å². The Morgan fingerprint density at radius 2 is 2.12 bits per heavy atom. The Morgan fingerprint density at radius 3 is 2.75 bits per heavy atom. The summed E-state index contributed by atoms with van der Waals surface area (Å²) in [6.07, 6.45) is 4.08. The second-order valence-electron chi connectivity index (χ2n) is 5.72. The van der Waals surface area contributed by atoms with Crippen molar-refractivity contribution < 1.29 is 4.74 Å². The highest BCUT2D eigenvalue weighted by Gasteiger charge is 2.43. The molecule has 3 heteroatoms. The molecule has 1 heterocycles. The van der Waals surface area contributed by atoms with Gasteiger partial charge in [-0.25, -0.2) is 0 Å². The second-order valence-corrected chi connectivity index (χ2v) is 5.72. The molecule has 2 fully saturated rings. The van der Waals surface area contributed by atoms with E-state index in [1.165, 1.54) is 25.8 Å². The number of methoxy groups -OCH3 is 1. The number of ether oxygens (including phenoxy) is 1. The zero-order valence-electron chi connectivity index (χ0n) is 11.0. The first-order valence-corrected chi connectivity index (χ1v) is 6.64. The minimum atomic E-state index is 0.346. The fourth-order valence-electron chi connectivity index (χ4n) is 2.88. The van der Waals surface area contributed by atoms with E-state index in [0.717, 1.165) is 25.6 Å². The second kappa shape index (κ2) is 5.03. The van der Waals surface area contributed by atoms with Gasteiger partial charge in [-0.3, -0.25) is 4.90 Å². The lowest BCUT2D eigenvalue weighted by atomic mass is 9.95. The molecule has 2 aliphatic rings. The van der Waals surface area contributed by atoms with E-state index >= 15 is 0 Å². The van der Waals surface area contributed by atoms with Crippen molar-refractivity contribution in [3.8, 4) is 0 Å². The summed E-state index contributed by atoms with van der Waals surface area (Å²) in [5, 5.41) is 3.77. The Kier molecular flexibility index (Phi) is 3.88. The number of nitrogens with zero attached hydrogens (tertiary/aromatic N) is 1. The lowest BCUT2D eigenvalue weighted by Crippen LogP contribution is -2.52. The quantitative estimate of drug-likeness (QED) is 0.786. The van der Waals surface area contributed by atoms with Gasteiger partial charge in [0.1, 0.15) is 0 Å². The van der Waals surface area contributed by atoms with E-state index in [-0.39, 0.29) is 0 Å². The third-order valence-corrected chi connectivity index (χ3v) is 4.31. The molecule has 0 radical (unpaired) electrons. The SMILES string of the molecule is COCCN1CC(C)(C2CC2)NCCC1C. The molecular weight excluding hydrogens is 200 g/mol. The molecule has 1 aliphatic heterocycles. The molecule has 2 atom stereocenters. The summed E-state index contributed by atoms with van der Waals surface area (Å²) in [6, 6.07) is 0.684. The van der Waals surface area contributed by atoms with Gasteiger partial charge in [0, 0.05) is 31.8 Å². The van der Waals surface area contributed by atoms with E-state index in [2.05, 4.69) is 24.1 Å². The summed E-state index contributed by atoms with van der Waals surface area (Å²) in [6.45, 7) is 9.02. The number of rotatable bonds is 4. The number of nitrogens with one attached hydrogen (secondary N) is 1. The van der Waals surface area contributed by atoms with Gasteiger partial charge in [0.25, 0.3) is 0 Å². The maximum absolute atomic E-state index is 5.22. The van der Waals surface area contributed by atoms with Crippen LogP contribution in [0.5, 0.6) is 0 Å². The summed E-state index contributed by atoms with van der Waals surface area (Å²) in [5.41, 5.74) is 0.346. The third-order valence-electron chi connectivity index (χ3n) is 4.31. The molecule has 0 aromatic carbocycles. The van der Waals surface area contributed by atoms with Crippen LogP contribution >= 0.6 is 0 Å². The molecule has 1 N–H and O–H groups in total. The Balaban J connectivity index is 1.97. The molecule has 1 saturated heterocycles. The van der Waals surface area contributed by atoms with Crippen LogP contribution in [0.3, 0.4) is 0 Å². The predicted molar refractivity (Wildman–Crippen MR) is 66.7 cm³/mol. The topological polar surface area (TPSA) is 24.5 Å². The molecule has 1 saturated carbocycles. The Bertz CT molecular complexity index is 230. The normalized spacial score (nSPS) is 37.3. The molecule has 0 spiro atoms. The highest BCUT2D eigenvalue weighted by Crippen LogP contribution is 2.40. The van der Waals surface area contributed by atoms with Crippen LogP contribution in [-0.4, -0.2) is 49.8 Å². The minimum Gasteiger partial charge on any atom is -0.383 e. The maximum atomic E-state index is 5.22. The van der Waals surface area contributed by atoms with Crippen molar-refractivity contribution in [1.82, 2.24) is 10.2 Å². The molecule has 16 heavy (non-hydrogen) atoms. The third kappa shape index (κ3) is 2.76. The van der Waals surface area contributed by atoms with Crippen LogP contribution in [0.25, 0.3) is 0 Å². The van der Waals surface area contributed by atoms with Crippen molar-refractivity contribution in [3.63, 3.8) is 0 Å². The van der Waals surface area contributed by atoms with E-state index in [1.807, 2.05) is 0 Å². The van der Waals surface area contributed by atoms with E-state index in [4.69, 9.17) is 4.74 Å². The monoisotopic (exact) mass is 226 g/mol. The van der Waals surface area contributed by atoms with Gasteiger partial charge in [0.15, 0.2) is 0 Å². The van der Waals surface area contributed by atoms with Crippen LogP contribution in [0.15, 0.2) is 0 Å². The van der Waals surface area contributed by atoms with Crippen LogP contribution in [0.2, 0.25) is 0 Å². The summed E-state index contributed by atoms with van der Waals surface area (Å²) in [4.78, 5) is 2.60. The number of hydrogen-bond acceptors (Lipinski definition) is 3. The van der Waals surface area contributed by atoms with Crippen molar-refractivity contribution >= 4 is 0 Å². The molecule has 3 nitrogen and oxygen atoms in total. The van der Waals surface area contributed by atoms with Crippen molar-refractivity contribution in [1.29, 1.82) is 0 Å². The molecule has 0 aromatic rings. The lowest BCUT2D eigenvalue weighted by molar-refractivity contribution is 0.107. The predicted octanol–water partition coefficient (Wildman–Crippen LogP) is 1.49. The molecule has 1 aliphatic carbocycles. The average Bonchev–Trinajstić information content (AvgIpc) is 3.06. The van der Waals surface area contributed by atoms with E-state index in [0.29, 0.717) is 11.6 Å². The Labute approximate surface area is 99.5 Å². The molecular formula is C13H26N2O. The lowest BCUT2D eigenvalue weighted by Gasteiger charge is -2.35. The van der Waals surface area contributed by atoms with Crippen molar-refractivity contribution in [2.75, 3.05) is 33.4 Å². The molecule has 2 unspecified atom stereocenters. The van der Waals surface area contributed by atoms with E-state index < -0.39 is 0 Å². The summed E-state index contributed by atoms with van der Waals surface area (Å²) < 4.78 is 5.22. The first kappa shape index (κ1) is 12.3. The van der Waals surface area contributed by atoms with Crippen LogP contribution in [0, 0.1) is 5.92 Å². The van der Waals surface area contributed by atoms with Crippen molar-refractivity contribution in [2.45, 2.75) is 44.7 Å². The standard InChI is InChI=1S/C13H26N2O/c1-11-6-7-14-13(2,12-4-5-12)10-15(11)8-9-16-3/h11-12,14H,4-10H2,1-3H3. The largest absolute Gasteiger partial charge is 0.383 e. The Hall–Kier alpha value is -0.120. The molecule has 94 valence electrons. The fraction of sp³-hybridized carbons (Fsp3) is 1.00. The van der Waals surface area contributed by atoms with Gasteiger partial charge >= 0.3 is 0 Å². The zero-order chi connectivity index (χ0) is 11.6. The van der Waals surface area contributed by atoms with E-state index in [9.17, 15) is 0 Å². The zero-order valence-corrected chi connectivity index (χ0v) is 11.0. The van der Waals surface area contributed by atoms with E-state index in [1.54, 1.807) is 7.11 Å². The smallest absolute Gasteiger partial charge is 0.0589 e. The summed E-state index contributed by atoms with van der Waals surface area (Å²) in [7, 11) is 1.79. The van der Waals surface area contributed by atoms with Gasteiger partial charge < -0.3 is 10.1 Å². The fourth-order valence-corrected chi connectivity index (χ4v) is 2.88. The van der Waals surface area contributed by atoms with Crippen LogP contribution < -0.4 is 5.32 Å². The molecule has 0 amide bonds. The van der Waals surface area contributed by atoms with Gasteiger partial charge in [-0.05, 0) is 45.6 Å². The van der Waals surface area contributed by atoms with Gasteiger partial charge in [-0.2, -0.15) is 0 Å². The first-order chi connectivity index (χ1) is 7.65. The maximum Gasteiger partial charge on any atom is 0.0589 e. The summed E-state index contributed by atoms with van der Waals surface area (Å²) in [5.74, 6) is 0.905. The minimum absolute atomic E-state index is 0.346. The average molecular weight is 226 g/mol. The van der Waals surface area contributed by atoms with Crippen LogP contribution in [0.4, 0.5) is 0 Å². The molecule has 0 bridgehead atoms. The van der Waals surface area contributed by atoms with Crippen LogP contribution in [0.1, 0.15) is 33.1 Å².